The van der Waals surface area contributed by atoms with Gasteiger partial charge in [0.25, 0.3) is 11.6 Å². The molecule has 0 radical (unpaired) electrons. The van der Waals surface area contributed by atoms with Crippen LogP contribution in [0.4, 0.5) is 10.1 Å². The highest BCUT2D eigenvalue weighted by Crippen LogP contribution is 2.22. The number of alkyl halides is 1. The summed E-state index contributed by atoms with van der Waals surface area (Å²) in [5.41, 5.74) is -0.376. The maximum Gasteiger partial charge on any atom is 0.273 e. The Hall–Kier alpha value is -1.50. The Kier molecular flexibility index (Phi) is 4.14. The molecule has 0 aromatic heterocycles. The summed E-state index contributed by atoms with van der Waals surface area (Å²) in [7, 11) is 0. The average molecular weight is 331 g/mol. The van der Waals surface area contributed by atoms with Gasteiger partial charge in [0.15, 0.2) is 0 Å². The van der Waals surface area contributed by atoms with Gasteiger partial charge in [-0.05, 0) is 18.9 Å². The lowest BCUT2D eigenvalue weighted by molar-refractivity contribution is -0.385. The van der Waals surface area contributed by atoms with Crippen molar-refractivity contribution in [1.29, 1.82) is 0 Å². The van der Waals surface area contributed by atoms with Crippen LogP contribution in [-0.4, -0.2) is 33.6 Å². The summed E-state index contributed by atoms with van der Waals surface area (Å²) in [6.07, 6.45) is 1.65. The van der Waals surface area contributed by atoms with Crippen LogP contribution in [-0.2, 0) is 0 Å². The zero-order valence-corrected chi connectivity index (χ0v) is 11.6. The molecule has 5 nitrogen and oxygen atoms in total. The lowest BCUT2D eigenvalue weighted by atomic mass is 10.1. The number of benzene rings is 1. The molecular formula is C12H12BrFN2O3. The van der Waals surface area contributed by atoms with E-state index in [1.165, 1.54) is 0 Å². The number of nitrogens with zero attached hydrogens (tertiary/aromatic N) is 2. The summed E-state index contributed by atoms with van der Waals surface area (Å²) in [5, 5.41) is 10.7. The zero-order valence-electron chi connectivity index (χ0n) is 10.0. The summed E-state index contributed by atoms with van der Waals surface area (Å²) in [6.45, 7) is 1.14. The van der Waals surface area contributed by atoms with Crippen molar-refractivity contribution in [2.24, 2.45) is 0 Å². The Bertz CT molecular complexity index is 516. The van der Waals surface area contributed by atoms with Gasteiger partial charge in [0.2, 0.25) is 0 Å². The smallest absolute Gasteiger partial charge is 0.273 e. The number of rotatable bonds is 2. The third-order valence-electron chi connectivity index (χ3n) is 3.05. The molecule has 19 heavy (non-hydrogen) atoms. The van der Waals surface area contributed by atoms with Crippen LogP contribution in [0.15, 0.2) is 18.2 Å². The van der Waals surface area contributed by atoms with Gasteiger partial charge in [0.05, 0.1) is 11.0 Å². The minimum absolute atomic E-state index is 0.0275. The molecule has 0 bridgehead atoms. The van der Waals surface area contributed by atoms with Crippen molar-refractivity contribution in [3.63, 3.8) is 0 Å². The third-order valence-corrected chi connectivity index (χ3v) is 3.97. The van der Waals surface area contributed by atoms with E-state index in [-0.39, 0.29) is 11.5 Å². The number of likely N-dealkylation sites (tertiary alicyclic amines) is 1. The largest absolute Gasteiger partial charge is 0.339 e. The maximum absolute atomic E-state index is 13.3. The molecule has 0 saturated carbocycles. The molecule has 1 heterocycles. The highest BCUT2D eigenvalue weighted by atomic mass is 79.9. The number of hydrogen-bond acceptors (Lipinski definition) is 3. The number of nitro benzene ring substituents is 1. The predicted molar refractivity (Wildman–Crippen MR) is 70.9 cm³/mol. The van der Waals surface area contributed by atoms with E-state index in [2.05, 4.69) is 15.9 Å². The second-order valence-electron chi connectivity index (χ2n) is 4.42. The molecule has 102 valence electrons. The fraction of sp³-hybridized carbons (Fsp3) is 0.417. The Morgan fingerprint density at radius 3 is 2.58 bits per heavy atom. The number of carbonyl (C=O) groups excluding carboxylic acids is 1. The first-order valence-corrected chi connectivity index (χ1v) is 6.77. The first-order valence-electron chi connectivity index (χ1n) is 5.85. The molecule has 0 atom stereocenters. The van der Waals surface area contributed by atoms with Gasteiger partial charge in [-0.2, -0.15) is 0 Å². The number of non-ortho nitro benzene ring substituents is 1. The van der Waals surface area contributed by atoms with Gasteiger partial charge in [0, 0.05) is 29.5 Å². The van der Waals surface area contributed by atoms with Crippen LogP contribution in [0, 0.1) is 15.9 Å². The fourth-order valence-corrected chi connectivity index (χ4v) is 2.45. The van der Waals surface area contributed by atoms with E-state index < -0.39 is 16.4 Å². The normalized spacial score (nSPS) is 16.4. The second-order valence-corrected chi connectivity index (χ2v) is 5.72. The fourth-order valence-electron chi connectivity index (χ4n) is 2.04. The number of carbonyl (C=O) groups is 1. The number of amides is 1. The third kappa shape index (κ3) is 3.28. The molecule has 2 rings (SSSR count). The number of piperidine rings is 1. The molecule has 1 amide bonds. The number of halogens is 2. The van der Waals surface area contributed by atoms with E-state index >= 15 is 0 Å². The molecule has 0 unspecified atom stereocenters. The second kappa shape index (κ2) is 5.64. The first-order chi connectivity index (χ1) is 8.97. The van der Waals surface area contributed by atoms with Gasteiger partial charge in [-0.1, -0.05) is 15.9 Å². The molecular weight excluding hydrogens is 319 g/mol. The molecule has 0 spiro atoms. The van der Waals surface area contributed by atoms with Crippen molar-refractivity contribution >= 4 is 27.5 Å². The Morgan fingerprint density at radius 1 is 1.37 bits per heavy atom. The van der Waals surface area contributed by atoms with E-state index in [1.54, 1.807) is 4.90 Å². The lowest BCUT2D eigenvalue weighted by Crippen LogP contribution is -2.38. The van der Waals surface area contributed by atoms with Crippen LogP contribution < -0.4 is 0 Å². The first kappa shape index (κ1) is 13.9. The van der Waals surface area contributed by atoms with Crippen LogP contribution in [0.2, 0.25) is 0 Å². The van der Waals surface area contributed by atoms with Crippen molar-refractivity contribution in [3.05, 3.63) is 39.7 Å². The SMILES string of the molecule is O=C(c1cc(F)cc([N+](=O)[O-])c1)N1CCC(Br)CC1. The van der Waals surface area contributed by atoms with Crippen molar-refractivity contribution < 1.29 is 14.1 Å². The van der Waals surface area contributed by atoms with E-state index in [0.717, 1.165) is 31.0 Å². The topological polar surface area (TPSA) is 63.4 Å². The Balaban J connectivity index is 2.21. The highest BCUT2D eigenvalue weighted by Gasteiger charge is 2.24. The van der Waals surface area contributed by atoms with E-state index in [1.807, 2.05) is 0 Å². The molecule has 1 aromatic rings. The monoisotopic (exact) mass is 330 g/mol. The molecule has 1 aliphatic heterocycles. The van der Waals surface area contributed by atoms with Crippen LogP contribution in [0.5, 0.6) is 0 Å². The van der Waals surface area contributed by atoms with Crippen LogP contribution in [0.1, 0.15) is 23.2 Å². The van der Waals surface area contributed by atoms with Gasteiger partial charge in [0.1, 0.15) is 5.82 Å². The van der Waals surface area contributed by atoms with Crippen molar-refractivity contribution in [2.75, 3.05) is 13.1 Å². The van der Waals surface area contributed by atoms with Crippen molar-refractivity contribution in [1.82, 2.24) is 4.90 Å². The number of hydrogen-bond donors (Lipinski definition) is 0. The predicted octanol–water partition coefficient (Wildman–Crippen LogP) is 2.73. The summed E-state index contributed by atoms with van der Waals surface area (Å²) >= 11 is 3.48. The summed E-state index contributed by atoms with van der Waals surface area (Å²) in [6, 6.07) is 2.96. The molecule has 1 aromatic carbocycles. The molecule has 7 heteroatoms. The molecule has 1 aliphatic rings. The zero-order chi connectivity index (χ0) is 14.0. The minimum Gasteiger partial charge on any atom is -0.339 e. The molecule has 1 fully saturated rings. The molecule has 0 aliphatic carbocycles. The van der Waals surface area contributed by atoms with E-state index in [0.29, 0.717) is 17.9 Å². The maximum atomic E-state index is 13.3. The van der Waals surface area contributed by atoms with Crippen molar-refractivity contribution in [2.45, 2.75) is 17.7 Å². The lowest BCUT2D eigenvalue weighted by Gasteiger charge is -2.29. The summed E-state index contributed by atoms with van der Waals surface area (Å²) in [5.74, 6) is -1.13. The summed E-state index contributed by atoms with van der Waals surface area (Å²) in [4.78, 5) is 24.1. The van der Waals surface area contributed by atoms with Crippen LogP contribution >= 0.6 is 15.9 Å². The van der Waals surface area contributed by atoms with Crippen molar-refractivity contribution in [3.8, 4) is 0 Å². The van der Waals surface area contributed by atoms with Gasteiger partial charge in [-0.25, -0.2) is 4.39 Å². The van der Waals surface area contributed by atoms with Crippen LogP contribution in [0.25, 0.3) is 0 Å². The standard InChI is InChI=1S/C12H12BrFN2O3/c13-9-1-3-15(4-2-9)12(17)8-5-10(14)7-11(6-8)16(18)19/h5-7,9H,1-4H2. The minimum atomic E-state index is -0.770. The van der Waals surface area contributed by atoms with Gasteiger partial charge in [-0.3, -0.25) is 14.9 Å². The van der Waals surface area contributed by atoms with E-state index in [9.17, 15) is 19.3 Å². The Morgan fingerprint density at radius 2 is 2.00 bits per heavy atom. The Labute approximate surface area is 117 Å². The number of nitro groups is 1. The summed E-state index contributed by atoms with van der Waals surface area (Å²) < 4.78 is 13.3. The van der Waals surface area contributed by atoms with Gasteiger partial charge in [-0.15, -0.1) is 0 Å². The van der Waals surface area contributed by atoms with Gasteiger partial charge < -0.3 is 4.90 Å². The molecule has 0 N–H and O–H groups in total. The molecule has 1 saturated heterocycles. The van der Waals surface area contributed by atoms with Gasteiger partial charge >= 0.3 is 0 Å². The highest BCUT2D eigenvalue weighted by molar-refractivity contribution is 9.09. The quantitative estimate of drug-likeness (QED) is 0.476. The van der Waals surface area contributed by atoms with E-state index in [4.69, 9.17) is 0 Å². The average Bonchev–Trinajstić information content (AvgIpc) is 2.38. The van der Waals surface area contributed by atoms with Crippen LogP contribution in [0.3, 0.4) is 0 Å².